The van der Waals surface area contributed by atoms with E-state index in [1.54, 1.807) is 0 Å². The van der Waals surface area contributed by atoms with Crippen LogP contribution < -0.4 is 10.6 Å². The summed E-state index contributed by atoms with van der Waals surface area (Å²) >= 11 is 11.6. The van der Waals surface area contributed by atoms with Crippen LogP contribution in [0.15, 0.2) is 42.5 Å². The highest BCUT2D eigenvalue weighted by molar-refractivity contribution is 6.36. The van der Waals surface area contributed by atoms with Gasteiger partial charge in [-0.25, -0.2) is 0 Å². The van der Waals surface area contributed by atoms with E-state index in [0.29, 0.717) is 10.7 Å². The van der Waals surface area contributed by atoms with Gasteiger partial charge >= 0.3 is 6.18 Å². The summed E-state index contributed by atoms with van der Waals surface area (Å²) in [7, 11) is 0. The summed E-state index contributed by atoms with van der Waals surface area (Å²) in [6.45, 7) is -0.341. The maximum atomic E-state index is 12.8. The Bertz CT molecular complexity index is 720. The Morgan fingerprint density at radius 3 is 2.39 bits per heavy atom. The van der Waals surface area contributed by atoms with E-state index in [9.17, 15) is 18.0 Å². The molecular weight excluding hydrogens is 352 g/mol. The van der Waals surface area contributed by atoms with E-state index < -0.39 is 17.6 Å². The molecule has 2 aromatic rings. The van der Waals surface area contributed by atoms with E-state index in [1.165, 1.54) is 36.4 Å². The first-order valence-corrected chi connectivity index (χ1v) is 7.18. The van der Waals surface area contributed by atoms with E-state index in [4.69, 9.17) is 23.2 Å². The van der Waals surface area contributed by atoms with Crippen molar-refractivity contribution in [1.82, 2.24) is 0 Å². The first-order valence-electron chi connectivity index (χ1n) is 6.42. The van der Waals surface area contributed by atoms with Crippen LogP contribution >= 0.6 is 23.2 Å². The summed E-state index contributed by atoms with van der Waals surface area (Å²) in [4.78, 5) is 11.8. The molecule has 0 saturated heterocycles. The molecule has 8 heteroatoms. The maximum absolute atomic E-state index is 12.8. The Labute approximate surface area is 140 Å². The molecule has 3 nitrogen and oxygen atoms in total. The maximum Gasteiger partial charge on any atom is 0.418 e. The van der Waals surface area contributed by atoms with Gasteiger partial charge in [0.1, 0.15) is 0 Å². The minimum atomic E-state index is -4.50. The quantitative estimate of drug-likeness (QED) is 0.797. The lowest BCUT2D eigenvalue weighted by molar-refractivity contribution is -0.137. The van der Waals surface area contributed by atoms with Gasteiger partial charge in [-0.3, -0.25) is 4.79 Å². The molecule has 1 amide bonds. The number of hydrogen-bond donors (Lipinski definition) is 2. The predicted molar refractivity (Wildman–Crippen MR) is 85.0 cm³/mol. The smallest absolute Gasteiger partial charge is 0.376 e. The zero-order valence-corrected chi connectivity index (χ0v) is 13.1. The van der Waals surface area contributed by atoms with Crippen LogP contribution in [0.5, 0.6) is 0 Å². The van der Waals surface area contributed by atoms with Crippen molar-refractivity contribution in [1.29, 1.82) is 0 Å². The molecule has 0 radical (unpaired) electrons. The number of carbonyl (C=O) groups excluding carboxylic acids is 1. The highest BCUT2D eigenvalue weighted by atomic mass is 35.5. The fourth-order valence-corrected chi connectivity index (χ4v) is 2.30. The Morgan fingerprint density at radius 2 is 1.74 bits per heavy atom. The van der Waals surface area contributed by atoms with Crippen LogP contribution in [0, 0.1) is 0 Å². The van der Waals surface area contributed by atoms with Gasteiger partial charge in [-0.15, -0.1) is 0 Å². The third-order valence-corrected chi connectivity index (χ3v) is 3.42. The second kappa shape index (κ2) is 7.10. The van der Waals surface area contributed by atoms with Gasteiger partial charge in [0.15, 0.2) is 0 Å². The Kier molecular flexibility index (Phi) is 5.38. The molecule has 2 rings (SSSR count). The molecule has 0 aliphatic rings. The molecule has 0 atom stereocenters. The third kappa shape index (κ3) is 4.77. The molecular formula is C15H11Cl2F3N2O. The Morgan fingerprint density at radius 1 is 1.04 bits per heavy atom. The van der Waals surface area contributed by atoms with Crippen molar-refractivity contribution in [3.05, 3.63) is 58.1 Å². The van der Waals surface area contributed by atoms with Gasteiger partial charge in [-0.05, 0) is 30.3 Å². The highest BCUT2D eigenvalue weighted by Crippen LogP contribution is 2.34. The lowest BCUT2D eigenvalue weighted by Gasteiger charge is -2.14. The van der Waals surface area contributed by atoms with E-state index in [1.807, 2.05) is 0 Å². The monoisotopic (exact) mass is 362 g/mol. The second-order valence-electron chi connectivity index (χ2n) is 4.57. The van der Waals surface area contributed by atoms with Crippen LogP contribution in [0.2, 0.25) is 10.0 Å². The van der Waals surface area contributed by atoms with Gasteiger partial charge in [0.2, 0.25) is 5.91 Å². The largest absolute Gasteiger partial charge is 0.418 e. The van der Waals surface area contributed by atoms with Crippen LogP contribution in [0.4, 0.5) is 24.5 Å². The van der Waals surface area contributed by atoms with Crippen molar-refractivity contribution < 1.29 is 18.0 Å². The van der Waals surface area contributed by atoms with E-state index in [-0.39, 0.29) is 17.3 Å². The fraction of sp³-hybridized carbons (Fsp3) is 0.133. The van der Waals surface area contributed by atoms with E-state index >= 15 is 0 Å². The molecule has 23 heavy (non-hydrogen) atoms. The predicted octanol–water partition coefficient (Wildman–Crippen LogP) is 5.06. The number of halogens is 5. The van der Waals surface area contributed by atoms with Crippen LogP contribution in [0.3, 0.4) is 0 Å². The minimum absolute atomic E-state index is 0.169. The average molecular weight is 363 g/mol. The number of benzene rings is 2. The molecule has 0 unspecified atom stereocenters. The second-order valence-corrected chi connectivity index (χ2v) is 5.41. The lowest BCUT2D eigenvalue weighted by Crippen LogP contribution is -2.23. The molecule has 2 N–H and O–H groups in total. The van der Waals surface area contributed by atoms with Crippen molar-refractivity contribution in [2.45, 2.75) is 6.18 Å². The number of nitrogens with one attached hydrogen (secondary N) is 2. The van der Waals surface area contributed by atoms with Gasteiger partial charge in [0, 0.05) is 10.7 Å². The van der Waals surface area contributed by atoms with Crippen molar-refractivity contribution in [3.8, 4) is 0 Å². The molecule has 2 aromatic carbocycles. The van der Waals surface area contributed by atoms with Crippen LogP contribution in [-0.2, 0) is 11.0 Å². The molecule has 0 saturated carbocycles. The lowest BCUT2D eigenvalue weighted by atomic mass is 10.1. The van der Waals surface area contributed by atoms with Gasteiger partial charge in [-0.1, -0.05) is 35.3 Å². The third-order valence-electron chi connectivity index (χ3n) is 2.88. The molecule has 0 aromatic heterocycles. The standard InChI is InChI=1S/C15H11Cl2F3N2O/c16-9-5-6-13(11(17)7-9)22-14(23)8-21-12-4-2-1-3-10(12)15(18,19)20/h1-7,21H,8H2,(H,22,23). The van der Waals surface area contributed by atoms with Gasteiger partial charge in [0.05, 0.1) is 22.8 Å². The minimum Gasteiger partial charge on any atom is -0.376 e. The zero-order chi connectivity index (χ0) is 17.0. The Hall–Kier alpha value is -1.92. The van der Waals surface area contributed by atoms with E-state index in [0.717, 1.165) is 6.07 Å². The fourth-order valence-electron chi connectivity index (χ4n) is 1.85. The summed E-state index contributed by atoms with van der Waals surface area (Å²) in [6, 6.07) is 9.42. The van der Waals surface area contributed by atoms with Gasteiger partial charge in [-0.2, -0.15) is 13.2 Å². The first-order chi connectivity index (χ1) is 10.8. The number of hydrogen-bond acceptors (Lipinski definition) is 2. The average Bonchev–Trinajstić information content (AvgIpc) is 2.47. The summed E-state index contributed by atoms with van der Waals surface area (Å²) in [5.41, 5.74) is -0.679. The Balaban J connectivity index is 2.03. The molecule has 0 bridgehead atoms. The summed E-state index contributed by atoms with van der Waals surface area (Å²) in [6.07, 6.45) is -4.50. The van der Waals surface area contributed by atoms with Crippen molar-refractivity contribution in [2.24, 2.45) is 0 Å². The number of alkyl halides is 3. The number of carbonyl (C=O) groups is 1. The normalized spacial score (nSPS) is 11.2. The summed E-state index contributed by atoms with van der Waals surface area (Å²) in [5, 5.41) is 5.61. The van der Waals surface area contributed by atoms with Crippen molar-refractivity contribution in [2.75, 3.05) is 17.2 Å². The van der Waals surface area contributed by atoms with E-state index in [2.05, 4.69) is 10.6 Å². The highest BCUT2D eigenvalue weighted by Gasteiger charge is 2.33. The molecule has 0 fully saturated rings. The number of amides is 1. The topological polar surface area (TPSA) is 41.1 Å². The molecule has 0 aliphatic heterocycles. The van der Waals surface area contributed by atoms with Gasteiger partial charge in [0.25, 0.3) is 0 Å². The number of para-hydroxylation sites is 1. The van der Waals surface area contributed by atoms with Crippen LogP contribution in [-0.4, -0.2) is 12.5 Å². The summed E-state index contributed by atoms with van der Waals surface area (Å²) in [5.74, 6) is -0.536. The van der Waals surface area contributed by atoms with Crippen LogP contribution in [0.1, 0.15) is 5.56 Å². The number of anilines is 2. The van der Waals surface area contributed by atoms with Crippen molar-refractivity contribution in [3.63, 3.8) is 0 Å². The van der Waals surface area contributed by atoms with Gasteiger partial charge < -0.3 is 10.6 Å². The van der Waals surface area contributed by atoms with Crippen LogP contribution in [0.25, 0.3) is 0 Å². The molecule has 0 heterocycles. The molecule has 0 spiro atoms. The number of rotatable bonds is 4. The van der Waals surface area contributed by atoms with Crippen molar-refractivity contribution >= 4 is 40.5 Å². The first kappa shape index (κ1) is 17.4. The summed E-state index contributed by atoms with van der Waals surface area (Å²) < 4.78 is 38.5. The molecule has 122 valence electrons. The molecule has 0 aliphatic carbocycles. The SMILES string of the molecule is O=C(CNc1ccccc1C(F)(F)F)Nc1ccc(Cl)cc1Cl. The zero-order valence-electron chi connectivity index (χ0n) is 11.5.